The van der Waals surface area contributed by atoms with E-state index in [-0.39, 0.29) is 18.4 Å². The monoisotopic (exact) mass is 236 g/mol. The summed E-state index contributed by atoms with van der Waals surface area (Å²) < 4.78 is 0. The number of aliphatic hydroxyl groups is 1. The second kappa shape index (κ2) is 4.94. The number of anilines is 1. The van der Waals surface area contributed by atoms with E-state index in [0.717, 1.165) is 25.1 Å². The van der Waals surface area contributed by atoms with Crippen molar-refractivity contribution in [3.05, 3.63) is 23.8 Å². The average Bonchev–Trinajstić information content (AvgIpc) is 2.64. The molecule has 1 heterocycles. The van der Waals surface area contributed by atoms with Gasteiger partial charge in [-0.05, 0) is 36.6 Å². The molecular weight excluding hydrogens is 216 g/mol. The van der Waals surface area contributed by atoms with Crippen LogP contribution in [0, 0.1) is 5.92 Å². The van der Waals surface area contributed by atoms with E-state index in [9.17, 15) is 10.2 Å². The molecule has 1 aromatic carbocycles. The van der Waals surface area contributed by atoms with Crippen LogP contribution in [0.5, 0.6) is 5.75 Å². The standard InChI is InChI=1S/C13H20N2O2/c1-9-4-5-15(12(9)8-16)7-10-2-3-13(17)11(14)6-10/h2-3,6,9,12,16-17H,4-5,7-8,14H2,1H3. The first-order chi connectivity index (χ1) is 8.11. The molecule has 4 heteroatoms. The Balaban J connectivity index is 2.07. The number of nitrogen functional groups attached to an aromatic ring is 1. The molecule has 0 aliphatic carbocycles. The van der Waals surface area contributed by atoms with Crippen LogP contribution >= 0.6 is 0 Å². The summed E-state index contributed by atoms with van der Waals surface area (Å²) in [5.41, 5.74) is 7.16. The lowest BCUT2D eigenvalue weighted by atomic mass is 10.0. The number of phenolic OH excluding ortho intramolecular Hbond substituents is 1. The summed E-state index contributed by atoms with van der Waals surface area (Å²) in [5.74, 6) is 0.664. The predicted octanol–water partition coefficient (Wildman–Crippen LogP) is 1.18. The summed E-state index contributed by atoms with van der Waals surface area (Å²) in [7, 11) is 0. The van der Waals surface area contributed by atoms with Crippen molar-refractivity contribution in [1.29, 1.82) is 0 Å². The Morgan fingerprint density at radius 1 is 1.47 bits per heavy atom. The fraction of sp³-hybridized carbons (Fsp3) is 0.538. The van der Waals surface area contributed by atoms with Crippen molar-refractivity contribution in [3.8, 4) is 5.75 Å². The largest absolute Gasteiger partial charge is 0.506 e. The van der Waals surface area contributed by atoms with Crippen molar-refractivity contribution in [2.24, 2.45) is 5.92 Å². The molecule has 0 aromatic heterocycles. The van der Waals surface area contributed by atoms with Crippen LogP contribution in [0.1, 0.15) is 18.9 Å². The highest BCUT2D eigenvalue weighted by Gasteiger charge is 2.30. The van der Waals surface area contributed by atoms with E-state index >= 15 is 0 Å². The van der Waals surface area contributed by atoms with Crippen molar-refractivity contribution in [1.82, 2.24) is 4.90 Å². The van der Waals surface area contributed by atoms with Crippen LogP contribution in [0.15, 0.2) is 18.2 Å². The highest BCUT2D eigenvalue weighted by atomic mass is 16.3. The van der Waals surface area contributed by atoms with Crippen molar-refractivity contribution in [3.63, 3.8) is 0 Å². The lowest BCUT2D eigenvalue weighted by molar-refractivity contribution is 0.134. The molecule has 4 N–H and O–H groups in total. The maximum Gasteiger partial charge on any atom is 0.138 e. The molecule has 2 atom stereocenters. The lowest BCUT2D eigenvalue weighted by Crippen LogP contribution is -2.34. The molecule has 0 spiro atoms. The van der Waals surface area contributed by atoms with Crippen LogP contribution in [0.4, 0.5) is 5.69 Å². The molecule has 0 bridgehead atoms. The highest BCUT2D eigenvalue weighted by Crippen LogP contribution is 2.27. The number of benzene rings is 1. The minimum absolute atomic E-state index is 0.127. The van der Waals surface area contributed by atoms with Gasteiger partial charge in [-0.25, -0.2) is 0 Å². The minimum atomic E-state index is 0.127. The molecule has 4 nitrogen and oxygen atoms in total. The molecule has 0 radical (unpaired) electrons. The third-order valence-electron chi connectivity index (χ3n) is 3.66. The van der Waals surface area contributed by atoms with Gasteiger partial charge in [0.15, 0.2) is 0 Å². The van der Waals surface area contributed by atoms with Crippen LogP contribution in [0.2, 0.25) is 0 Å². The lowest BCUT2D eigenvalue weighted by Gasteiger charge is -2.25. The summed E-state index contributed by atoms with van der Waals surface area (Å²) in [5, 5.41) is 18.7. The first kappa shape index (κ1) is 12.2. The Bertz CT molecular complexity index is 395. The summed E-state index contributed by atoms with van der Waals surface area (Å²) in [4.78, 5) is 2.27. The van der Waals surface area contributed by atoms with Gasteiger partial charge in [-0.2, -0.15) is 0 Å². The van der Waals surface area contributed by atoms with Crippen LogP contribution < -0.4 is 5.73 Å². The Hall–Kier alpha value is -1.26. The van der Waals surface area contributed by atoms with Gasteiger partial charge in [0.1, 0.15) is 5.75 Å². The zero-order valence-electron chi connectivity index (χ0n) is 10.1. The van der Waals surface area contributed by atoms with Gasteiger partial charge in [-0.1, -0.05) is 13.0 Å². The van der Waals surface area contributed by atoms with Crippen molar-refractivity contribution in [2.45, 2.75) is 25.9 Å². The molecule has 0 saturated carbocycles. The first-order valence-electron chi connectivity index (χ1n) is 6.04. The number of nitrogens with two attached hydrogens (primary N) is 1. The molecular formula is C13H20N2O2. The Morgan fingerprint density at radius 2 is 2.24 bits per heavy atom. The predicted molar refractivity (Wildman–Crippen MR) is 67.6 cm³/mol. The van der Waals surface area contributed by atoms with Crippen molar-refractivity contribution < 1.29 is 10.2 Å². The van der Waals surface area contributed by atoms with Gasteiger partial charge in [0.2, 0.25) is 0 Å². The van der Waals surface area contributed by atoms with Gasteiger partial charge in [0.25, 0.3) is 0 Å². The Kier molecular flexibility index (Phi) is 3.54. The summed E-state index contributed by atoms with van der Waals surface area (Å²) in [6, 6.07) is 5.54. The van der Waals surface area contributed by atoms with Gasteiger partial charge in [0, 0.05) is 12.6 Å². The SMILES string of the molecule is CC1CCN(Cc2ccc(O)c(N)c2)C1CO. The minimum Gasteiger partial charge on any atom is -0.506 e. The number of likely N-dealkylation sites (tertiary alicyclic amines) is 1. The van der Waals surface area contributed by atoms with Gasteiger partial charge in [0.05, 0.1) is 12.3 Å². The van der Waals surface area contributed by atoms with Gasteiger partial charge in [-0.15, -0.1) is 0 Å². The number of aromatic hydroxyl groups is 1. The molecule has 17 heavy (non-hydrogen) atoms. The zero-order valence-corrected chi connectivity index (χ0v) is 10.1. The number of rotatable bonds is 3. The van der Waals surface area contributed by atoms with E-state index < -0.39 is 0 Å². The maximum atomic E-state index is 9.38. The van der Waals surface area contributed by atoms with E-state index in [2.05, 4.69) is 11.8 Å². The number of hydrogen-bond acceptors (Lipinski definition) is 4. The number of nitrogens with zero attached hydrogens (tertiary/aromatic N) is 1. The molecule has 1 fully saturated rings. The quantitative estimate of drug-likeness (QED) is 0.544. The van der Waals surface area contributed by atoms with E-state index in [1.54, 1.807) is 12.1 Å². The number of hydrogen-bond donors (Lipinski definition) is 3. The fourth-order valence-corrected chi connectivity index (χ4v) is 2.52. The molecule has 2 rings (SSSR count). The van der Waals surface area contributed by atoms with Gasteiger partial charge in [-0.3, -0.25) is 4.90 Å². The molecule has 1 aromatic rings. The topological polar surface area (TPSA) is 69.7 Å². The highest BCUT2D eigenvalue weighted by molar-refractivity contribution is 5.53. The second-order valence-electron chi connectivity index (χ2n) is 4.88. The van der Waals surface area contributed by atoms with Crippen molar-refractivity contribution >= 4 is 5.69 Å². The summed E-state index contributed by atoms with van der Waals surface area (Å²) >= 11 is 0. The van der Waals surface area contributed by atoms with Crippen LogP contribution in [-0.4, -0.2) is 34.3 Å². The van der Waals surface area contributed by atoms with Crippen LogP contribution in [0.3, 0.4) is 0 Å². The average molecular weight is 236 g/mol. The summed E-state index contributed by atoms with van der Waals surface area (Å²) in [6.07, 6.45) is 1.12. The molecule has 1 aliphatic heterocycles. The molecule has 1 aliphatic rings. The fourth-order valence-electron chi connectivity index (χ4n) is 2.52. The number of aliphatic hydroxyl groups excluding tert-OH is 1. The van der Waals surface area contributed by atoms with Gasteiger partial charge < -0.3 is 15.9 Å². The maximum absolute atomic E-state index is 9.38. The Labute approximate surface area is 102 Å². The van der Waals surface area contributed by atoms with E-state index in [1.807, 2.05) is 6.07 Å². The molecule has 94 valence electrons. The zero-order chi connectivity index (χ0) is 12.4. The van der Waals surface area contributed by atoms with Crippen LogP contribution in [0.25, 0.3) is 0 Å². The molecule has 2 unspecified atom stereocenters. The van der Waals surface area contributed by atoms with Gasteiger partial charge >= 0.3 is 0 Å². The van der Waals surface area contributed by atoms with E-state index in [0.29, 0.717) is 11.6 Å². The smallest absolute Gasteiger partial charge is 0.138 e. The Morgan fingerprint density at radius 3 is 2.88 bits per heavy atom. The summed E-state index contributed by atoms with van der Waals surface area (Å²) in [6.45, 7) is 4.16. The second-order valence-corrected chi connectivity index (χ2v) is 4.88. The van der Waals surface area contributed by atoms with E-state index in [4.69, 9.17) is 5.73 Å². The van der Waals surface area contributed by atoms with Crippen molar-refractivity contribution in [2.75, 3.05) is 18.9 Å². The third kappa shape index (κ3) is 2.53. The van der Waals surface area contributed by atoms with E-state index in [1.165, 1.54) is 0 Å². The molecule has 1 saturated heterocycles. The number of phenols is 1. The first-order valence-corrected chi connectivity index (χ1v) is 6.04. The normalized spacial score (nSPS) is 25.3. The third-order valence-corrected chi connectivity index (χ3v) is 3.66. The van der Waals surface area contributed by atoms with Crippen LogP contribution in [-0.2, 0) is 6.54 Å². The molecule has 0 amide bonds.